The number of methoxy groups -OCH3 is 1. The van der Waals surface area contributed by atoms with E-state index in [0.29, 0.717) is 11.4 Å². The monoisotopic (exact) mass is 246 g/mol. The highest BCUT2D eigenvalue weighted by Gasteiger charge is 2.09. The van der Waals surface area contributed by atoms with Gasteiger partial charge < -0.3 is 15.4 Å². The minimum Gasteiger partial charge on any atom is -0.497 e. The summed E-state index contributed by atoms with van der Waals surface area (Å²) in [7, 11) is 3.41. The number of hydrogen-bond acceptors (Lipinski definition) is 3. The van der Waals surface area contributed by atoms with Gasteiger partial charge in [0.05, 0.1) is 12.8 Å². The second kappa shape index (κ2) is 4.96. The van der Waals surface area contributed by atoms with Crippen LogP contribution < -0.4 is 15.4 Å². The van der Waals surface area contributed by atoms with E-state index in [1.54, 1.807) is 31.2 Å². The third-order valence-electron chi connectivity index (χ3n) is 2.79. The van der Waals surface area contributed by atoms with Gasteiger partial charge in [0.2, 0.25) is 0 Å². The van der Waals surface area contributed by atoms with E-state index in [0.717, 1.165) is 11.4 Å². The fourth-order valence-corrected chi connectivity index (χ4v) is 1.74. The lowest BCUT2D eigenvalue weighted by molar-refractivity contribution is 0.415. The fourth-order valence-electron chi connectivity index (χ4n) is 1.74. The minimum atomic E-state index is -0.340. The number of nitrogens with zero attached hydrogens (tertiary/aromatic N) is 1. The van der Waals surface area contributed by atoms with Crippen LogP contribution in [-0.2, 0) is 0 Å². The third kappa shape index (κ3) is 2.37. The summed E-state index contributed by atoms with van der Waals surface area (Å²) in [6, 6.07) is 12.1. The number of benzene rings is 2. The number of anilines is 3. The normalized spacial score (nSPS) is 10.2. The summed E-state index contributed by atoms with van der Waals surface area (Å²) in [4.78, 5) is 1.76. The second-order valence-electron chi connectivity index (χ2n) is 3.97. The van der Waals surface area contributed by atoms with E-state index in [9.17, 15) is 4.39 Å². The zero-order chi connectivity index (χ0) is 13.1. The zero-order valence-electron chi connectivity index (χ0n) is 10.4. The maximum absolute atomic E-state index is 13.8. The van der Waals surface area contributed by atoms with Crippen molar-refractivity contribution in [3.63, 3.8) is 0 Å². The second-order valence-corrected chi connectivity index (χ2v) is 3.97. The predicted octanol–water partition coefficient (Wildman–Crippen LogP) is 3.18. The molecule has 3 nitrogen and oxygen atoms in total. The molecule has 18 heavy (non-hydrogen) atoms. The van der Waals surface area contributed by atoms with Crippen LogP contribution in [0.15, 0.2) is 42.5 Å². The lowest BCUT2D eigenvalue weighted by atomic mass is 10.2. The Kier molecular flexibility index (Phi) is 3.37. The Labute approximate surface area is 106 Å². The summed E-state index contributed by atoms with van der Waals surface area (Å²) in [5.74, 6) is 0.429. The van der Waals surface area contributed by atoms with Crippen LogP contribution in [0.25, 0.3) is 0 Å². The molecule has 2 N–H and O–H groups in total. The molecular weight excluding hydrogens is 231 g/mol. The van der Waals surface area contributed by atoms with Crippen molar-refractivity contribution in [2.45, 2.75) is 0 Å². The fraction of sp³-hybridized carbons (Fsp3) is 0.143. The first-order chi connectivity index (χ1) is 8.61. The van der Waals surface area contributed by atoms with Crippen molar-refractivity contribution in [1.29, 1.82) is 0 Å². The first-order valence-corrected chi connectivity index (χ1v) is 5.54. The molecule has 0 fully saturated rings. The molecule has 0 amide bonds. The molecule has 0 aromatic heterocycles. The van der Waals surface area contributed by atoms with E-state index in [2.05, 4.69) is 0 Å². The highest BCUT2D eigenvalue weighted by molar-refractivity contribution is 5.65. The Hall–Kier alpha value is -2.23. The van der Waals surface area contributed by atoms with Crippen molar-refractivity contribution in [3.05, 3.63) is 48.3 Å². The molecule has 0 unspecified atom stereocenters. The standard InChI is InChI=1S/C14H15FN2O/c1-17(11-4-6-12(18-2)7-5-11)14-8-3-10(16)9-13(14)15/h3-9H,16H2,1-2H3. The van der Waals surface area contributed by atoms with Gasteiger partial charge >= 0.3 is 0 Å². The van der Waals surface area contributed by atoms with Gasteiger partial charge in [-0.25, -0.2) is 4.39 Å². The number of rotatable bonds is 3. The number of ether oxygens (including phenoxy) is 1. The molecule has 2 rings (SSSR count). The van der Waals surface area contributed by atoms with Crippen molar-refractivity contribution in [2.24, 2.45) is 0 Å². The molecule has 0 aliphatic heterocycles. The molecule has 2 aromatic carbocycles. The Balaban J connectivity index is 2.31. The smallest absolute Gasteiger partial charge is 0.148 e. The van der Waals surface area contributed by atoms with Crippen LogP contribution in [0.3, 0.4) is 0 Å². The lowest BCUT2D eigenvalue weighted by Crippen LogP contribution is -2.11. The van der Waals surface area contributed by atoms with E-state index >= 15 is 0 Å². The molecule has 0 bridgehead atoms. The molecular formula is C14H15FN2O. The Morgan fingerprint density at radius 1 is 1.11 bits per heavy atom. The highest BCUT2D eigenvalue weighted by atomic mass is 19.1. The van der Waals surface area contributed by atoms with Crippen molar-refractivity contribution in [2.75, 3.05) is 24.8 Å². The topological polar surface area (TPSA) is 38.5 Å². The van der Waals surface area contributed by atoms with Crippen molar-refractivity contribution in [3.8, 4) is 5.75 Å². The van der Waals surface area contributed by atoms with Gasteiger partial charge in [-0.2, -0.15) is 0 Å². The third-order valence-corrected chi connectivity index (χ3v) is 2.79. The van der Waals surface area contributed by atoms with Crippen LogP contribution in [-0.4, -0.2) is 14.2 Å². The number of nitrogen functional groups attached to an aromatic ring is 1. The summed E-state index contributed by atoms with van der Waals surface area (Å²) in [5.41, 5.74) is 7.30. The number of hydrogen-bond donors (Lipinski definition) is 1. The summed E-state index contributed by atoms with van der Waals surface area (Å²) < 4.78 is 18.9. The molecule has 0 saturated carbocycles. The quantitative estimate of drug-likeness (QED) is 0.845. The Morgan fingerprint density at radius 2 is 1.78 bits per heavy atom. The van der Waals surface area contributed by atoms with Crippen LogP contribution in [0.2, 0.25) is 0 Å². The summed E-state index contributed by atoms with van der Waals surface area (Å²) >= 11 is 0. The molecule has 0 atom stereocenters. The first kappa shape index (κ1) is 12.2. The molecule has 0 heterocycles. The summed E-state index contributed by atoms with van der Waals surface area (Å²) in [5, 5.41) is 0. The Morgan fingerprint density at radius 3 is 2.33 bits per heavy atom. The molecule has 4 heteroatoms. The number of halogens is 1. The van der Waals surface area contributed by atoms with Crippen LogP contribution in [0.1, 0.15) is 0 Å². The maximum atomic E-state index is 13.8. The predicted molar refractivity (Wildman–Crippen MR) is 71.9 cm³/mol. The average Bonchev–Trinajstić information content (AvgIpc) is 2.38. The maximum Gasteiger partial charge on any atom is 0.148 e. The average molecular weight is 246 g/mol. The van der Waals surface area contributed by atoms with Crippen LogP contribution >= 0.6 is 0 Å². The molecule has 0 radical (unpaired) electrons. The highest BCUT2D eigenvalue weighted by Crippen LogP contribution is 2.28. The molecule has 2 aromatic rings. The van der Waals surface area contributed by atoms with Gasteiger partial charge in [0, 0.05) is 18.4 Å². The molecule has 0 aliphatic rings. The molecule has 0 aliphatic carbocycles. The van der Waals surface area contributed by atoms with Gasteiger partial charge in [-0.3, -0.25) is 0 Å². The van der Waals surface area contributed by atoms with Crippen molar-refractivity contribution >= 4 is 17.1 Å². The SMILES string of the molecule is COc1ccc(N(C)c2ccc(N)cc2F)cc1. The molecule has 0 saturated heterocycles. The van der Waals surface area contributed by atoms with Crippen molar-refractivity contribution < 1.29 is 9.13 Å². The first-order valence-electron chi connectivity index (χ1n) is 5.54. The van der Waals surface area contributed by atoms with E-state index in [4.69, 9.17) is 10.5 Å². The lowest BCUT2D eigenvalue weighted by Gasteiger charge is -2.20. The van der Waals surface area contributed by atoms with Gasteiger partial charge in [-0.05, 0) is 42.5 Å². The van der Waals surface area contributed by atoms with Gasteiger partial charge in [0.15, 0.2) is 0 Å². The zero-order valence-corrected chi connectivity index (χ0v) is 10.4. The van der Waals surface area contributed by atoms with E-state index in [1.807, 2.05) is 24.3 Å². The van der Waals surface area contributed by atoms with Crippen LogP contribution in [0.5, 0.6) is 5.75 Å². The minimum absolute atomic E-state index is 0.340. The Bertz CT molecular complexity index is 540. The van der Waals surface area contributed by atoms with Gasteiger partial charge in [0.25, 0.3) is 0 Å². The number of nitrogens with two attached hydrogens (primary N) is 1. The van der Waals surface area contributed by atoms with Crippen molar-refractivity contribution in [1.82, 2.24) is 0 Å². The van der Waals surface area contributed by atoms with E-state index in [-0.39, 0.29) is 5.82 Å². The van der Waals surface area contributed by atoms with Crippen LogP contribution in [0, 0.1) is 5.82 Å². The van der Waals surface area contributed by atoms with E-state index < -0.39 is 0 Å². The van der Waals surface area contributed by atoms with Gasteiger partial charge in [-0.15, -0.1) is 0 Å². The summed E-state index contributed by atoms with van der Waals surface area (Å²) in [6.45, 7) is 0. The van der Waals surface area contributed by atoms with Gasteiger partial charge in [0.1, 0.15) is 11.6 Å². The largest absolute Gasteiger partial charge is 0.497 e. The molecule has 0 spiro atoms. The van der Waals surface area contributed by atoms with Crippen LogP contribution in [0.4, 0.5) is 21.5 Å². The summed E-state index contributed by atoms with van der Waals surface area (Å²) in [6.07, 6.45) is 0. The van der Waals surface area contributed by atoms with E-state index in [1.165, 1.54) is 6.07 Å². The van der Waals surface area contributed by atoms with Gasteiger partial charge in [-0.1, -0.05) is 0 Å². The molecule has 94 valence electrons.